The highest BCUT2D eigenvalue weighted by Crippen LogP contribution is 2.27. The van der Waals surface area contributed by atoms with Gasteiger partial charge in [-0.3, -0.25) is 4.79 Å². The Balaban J connectivity index is 1.61. The van der Waals surface area contributed by atoms with E-state index < -0.39 is 0 Å². The zero-order chi connectivity index (χ0) is 18.5. The van der Waals surface area contributed by atoms with E-state index in [4.69, 9.17) is 9.47 Å². The number of nitrogens with one attached hydrogen (secondary N) is 1. The van der Waals surface area contributed by atoms with Crippen molar-refractivity contribution in [1.29, 1.82) is 0 Å². The molecule has 0 radical (unpaired) electrons. The second kappa shape index (κ2) is 7.95. The van der Waals surface area contributed by atoms with Crippen molar-refractivity contribution in [2.24, 2.45) is 0 Å². The molecule has 136 valence electrons. The fourth-order valence-electron chi connectivity index (χ4n) is 3.03. The van der Waals surface area contributed by atoms with Crippen molar-refractivity contribution < 1.29 is 14.3 Å². The molecule has 1 aromatic heterocycles. The number of carbonyl (C=O) groups excluding carboxylic acids is 1. The fourth-order valence-corrected chi connectivity index (χ4v) is 3.03. The number of aromatic amines is 1. The summed E-state index contributed by atoms with van der Waals surface area (Å²) in [5, 5.41) is 1.11. The van der Waals surface area contributed by atoms with E-state index in [0.29, 0.717) is 24.5 Å². The van der Waals surface area contributed by atoms with Crippen LogP contribution < -0.4 is 9.47 Å². The minimum atomic E-state index is 0.107. The highest BCUT2D eigenvalue weighted by Gasteiger charge is 2.13. The molecule has 0 saturated carbocycles. The first-order valence-corrected chi connectivity index (χ1v) is 8.62. The lowest BCUT2D eigenvalue weighted by atomic mass is 10.1. The second-order valence-electron chi connectivity index (χ2n) is 6.29. The van der Waals surface area contributed by atoms with Crippen LogP contribution in [0.3, 0.4) is 0 Å². The molecule has 26 heavy (non-hydrogen) atoms. The van der Waals surface area contributed by atoms with Gasteiger partial charge in [-0.25, -0.2) is 0 Å². The molecule has 0 spiro atoms. The Morgan fingerprint density at radius 1 is 1.08 bits per heavy atom. The van der Waals surface area contributed by atoms with E-state index in [1.807, 2.05) is 55.7 Å². The molecule has 0 bridgehead atoms. The summed E-state index contributed by atoms with van der Waals surface area (Å²) in [6, 6.07) is 13.9. The largest absolute Gasteiger partial charge is 0.493 e. The minimum absolute atomic E-state index is 0.107. The van der Waals surface area contributed by atoms with Gasteiger partial charge < -0.3 is 19.4 Å². The number of nitrogens with zero attached hydrogens (tertiary/aromatic N) is 1. The lowest BCUT2D eigenvalue weighted by Gasteiger charge is -2.17. The summed E-state index contributed by atoms with van der Waals surface area (Å²) in [5.41, 5.74) is 3.20. The van der Waals surface area contributed by atoms with Gasteiger partial charge in [-0.05, 0) is 35.7 Å². The van der Waals surface area contributed by atoms with Crippen LogP contribution in [0.2, 0.25) is 0 Å². The first-order valence-electron chi connectivity index (χ1n) is 8.62. The number of hydrogen-bond acceptors (Lipinski definition) is 3. The van der Waals surface area contributed by atoms with Gasteiger partial charge in [0.25, 0.3) is 0 Å². The van der Waals surface area contributed by atoms with Gasteiger partial charge in [-0.1, -0.05) is 24.3 Å². The van der Waals surface area contributed by atoms with Gasteiger partial charge in [-0.2, -0.15) is 0 Å². The van der Waals surface area contributed by atoms with Crippen LogP contribution in [0.25, 0.3) is 10.9 Å². The highest BCUT2D eigenvalue weighted by atomic mass is 16.5. The lowest BCUT2D eigenvalue weighted by molar-refractivity contribution is -0.129. The van der Waals surface area contributed by atoms with E-state index in [9.17, 15) is 4.79 Å². The predicted octanol–water partition coefficient (Wildman–Crippen LogP) is 3.43. The molecule has 1 heterocycles. The monoisotopic (exact) mass is 352 g/mol. The van der Waals surface area contributed by atoms with E-state index in [0.717, 1.165) is 28.5 Å². The fraction of sp³-hybridized carbons (Fsp3) is 0.286. The number of H-pyrrole nitrogens is 1. The van der Waals surface area contributed by atoms with Crippen LogP contribution in [0.4, 0.5) is 0 Å². The SMILES string of the molecule is COc1ccc(CCN(C)C(=O)Cc2c[nH]c3ccccc23)cc1OC. The Morgan fingerprint density at radius 2 is 1.85 bits per heavy atom. The van der Waals surface area contributed by atoms with Crippen molar-refractivity contribution in [1.82, 2.24) is 9.88 Å². The van der Waals surface area contributed by atoms with E-state index in [1.54, 1.807) is 19.1 Å². The third-order valence-electron chi connectivity index (χ3n) is 4.63. The number of para-hydroxylation sites is 1. The zero-order valence-corrected chi connectivity index (χ0v) is 15.4. The van der Waals surface area contributed by atoms with Crippen molar-refractivity contribution in [2.45, 2.75) is 12.8 Å². The molecule has 0 unspecified atom stereocenters. The maximum Gasteiger partial charge on any atom is 0.226 e. The number of benzene rings is 2. The third-order valence-corrected chi connectivity index (χ3v) is 4.63. The lowest BCUT2D eigenvalue weighted by Crippen LogP contribution is -2.30. The Hall–Kier alpha value is -2.95. The maximum atomic E-state index is 12.6. The van der Waals surface area contributed by atoms with Gasteiger partial charge in [0.2, 0.25) is 5.91 Å². The number of rotatable bonds is 7. The highest BCUT2D eigenvalue weighted by molar-refractivity contribution is 5.88. The van der Waals surface area contributed by atoms with Crippen LogP contribution in [0.15, 0.2) is 48.7 Å². The molecular weight excluding hydrogens is 328 g/mol. The zero-order valence-electron chi connectivity index (χ0n) is 15.4. The molecule has 1 N–H and O–H groups in total. The molecule has 0 atom stereocenters. The minimum Gasteiger partial charge on any atom is -0.493 e. The number of aromatic nitrogens is 1. The number of fused-ring (bicyclic) bond motifs is 1. The molecule has 5 heteroatoms. The molecule has 3 rings (SSSR count). The standard InChI is InChI=1S/C21H24N2O3/c1-23(11-10-15-8-9-19(25-2)20(12-15)26-3)21(24)13-16-14-22-18-7-5-4-6-17(16)18/h4-9,12,14,22H,10-11,13H2,1-3H3. The summed E-state index contributed by atoms with van der Waals surface area (Å²) in [6.45, 7) is 0.649. The molecule has 3 aromatic rings. The van der Waals surface area contributed by atoms with Crippen molar-refractivity contribution in [3.05, 3.63) is 59.8 Å². The summed E-state index contributed by atoms with van der Waals surface area (Å²) in [5.74, 6) is 1.52. The molecule has 1 amide bonds. The number of hydrogen-bond donors (Lipinski definition) is 1. The van der Waals surface area contributed by atoms with Gasteiger partial charge in [0, 0.05) is 30.7 Å². The van der Waals surface area contributed by atoms with Crippen LogP contribution in [-0.4, -0.2) is 43.6 Å². The summed E-state index contributed by atoms with van der Waals surface area (Å²) >= 11 is 0. The average Bonchev–Trinajstić information content (AvgIpc) is 3.08. The van der Waals surface area contributed by atoms with Crippen molar-refractivity contribution >= 4 is 16.8 Å². The molecule has 0 aliphatic heterocycles. The Morgan fingerprint density at radius 3 is 2.62 bits per heavy atom. The quantitative estimate of drug-likeness (QED) is 0.709. The number of amides is 1. The third kappa shape index (κ3) is 3.82. The molecule has 0 aliphatic carbocycles. The molecular formula is C21H24N2O3. The van der Waals surface area contributed by atoms with Crippen molar-refractivity contribution in [3.8, 4) is 11.5 Å². The Labute approximate surface area is 153 Å². The molecule has 2 aromatic carbocycles. The normalized spacial score (nSPS) is 10.7. The Kier molecular flexibility index (Phi) is 5.46. The van der Waals surface area contributed by atoms with Crippen LogP contribution in [-0.2, 0) is 17.6 Å². The molecule has 0 saturated heterocycles. The van der Waals surface area contributed by atoms with Gasteiger partial charge in [0.05, 0.1) is 20.6 Å². The van der Waals surface area contributed by atoms with E-state index in [2.05, 4.69) is 4.98 Å². The van der Waals surface area contributed by atoms with E-state index in [-0.39, 0.29) is 5.91 Å². The molecule has 0 fully saturated rings. The van der Waals surface area contributed by atoms with Gasteiger partial charge in [0.1, 0.15) is 0 Å². The van der Waals surface area contributed by atoms with Gasteiger partial charge >= 0.3 is 0 Å². The summed E-state index contributed by atoms with van der Waals surface area (Å²) < 4.78 is 10.6. The average molecular weight is 352 g/mol. The van der Waals surface area contributed by atoms with Crippen LogP contribution in [0.5, 0.6) is 11.5 Å². The van der Waals surface area contributed by atoms with E-state index in [1.165, 1.54) is 0 Å². The number of methoxy groups -OCH3 is 2. The van der Waals surface area contributed by atoms with Crippen LogP contribution in [0, 0.1) is 0 Å². The van der Waals surface area contributed by atoms with Gasteiger partial charge in [-0.15, -0.1) is 0 Å². The van der Waals surface area contributed by atoms with Crippen molar-refractivity contribution in [2.75, 3.05) is 27.8 Å². The Bertz CT molecular complexity index is 901. The summed E-state index contributed by atoms with van der Waals surface area (Å²) in [7, 11) is 5.09. The van der Waals surface area contributed by atoms with Crippen molar-refractivity contribution in [3.63, 3.8) is 0 Å². The number of carbonyl (C=O) groups is 1. The smallest absolute Gasteiger partial charge is 0.226 e. The van der Waals surface area contributed by atoms with Crippen LogP contribution in [0.1, 0.15) is 11.1 Å². The second-order valence-corrected chi connectivity index (χ2v) is 6.29. The topological polar surface area (TPSA) is 54.6 Å². The summed E-state index contributed by atoms with van der Waals surface area (Å²) in [6.07, 6.45) is 3.08. The van der Waals surface area contributed by atoms with E-state index >= 15 is 0 Å². The molecule has 5 nitrogen and oxygen atoms in total. The van der Waals surface area contributed by atoms with Gasteiger partial charge in [0.15, 0.2) is 11.5 Å². The first-order chi connectivity index (χ1) is 12.6. The first kappa shape index (κ1) is 17.9. The molecule has 0 aliphatic rings. The number of ether oxygens (including phenoxy) is 2. The maximum absolute atomic E-state index is 12.6. The van der Waals surface area contributed by atoms with Crippen LogP contribution >= 0.6 is 0 Å². The summed E-state index contributed by atoms with van der Waals surface area (Å²) in [4.78, 5) is 17.6. The number of likely N-dealkylation sites (N-methyl/N-ethyl adjacent to an activating group) is 1. The predicted molar refractivity (Wildman–Crippen MR) is 103 cm³/mol.